The molecule has 0 saturated heterocycles. The van der Waals surface area contributed by atoms with Crippen molar-refractivity contribution < 1.29 is 4.74 Å². The Morgan fingerprint density at radius 1 is 1.44 bits per heavy atom. The minimum absolute atomic E-state index is 0.240. The van der Waals surface area contributed by atoms with Gasteiger partial charge in [-0.3, -0.25) is 4.68 Å². The number of nitrogens with one attached hydrogen (secondary N) is 1. The number of aryl methyl sites for hydroxylation is 2. The Hall–Kier alpha value is -2.22. The molecule has 0 aromatic carbocycles. The van der Waals surface area contributed by atoms with Crippen LogP contribution in [0.5, 0.6) is 11.9 Å². The van der Waals surface area contributed by atoms with Crippen molar-refractivity contribution in [2.45, 2.75) is 20.3 Å². The average Bonchev–Trinajstić information content (AvgIpc) is 2.77. The Kier molecular flexibility index (Phi) is 3.38. The summed E-state index contributed by atoms with van der Waals surface area (Å²) < 4.78 is 7.08. The molecule has 18 heavy (non-hydrogen) atoms. The van der Waals surface area contributed by atoms with Gasteiger partial charge in [0.05, 0.1) is 5.56 Å². The van der Waals surface area contributed by atoms with Gasteiger partial charge >= 0.3 is 6.01 Å². The lowest BCUT2D eigenvalue weighted by Crippen LogP contribution is -2.13. The Labute approximate surface area is 104 Å². The number of nitrogens with two attached hydrogens (primary N) is 1. The van der Waals surface area contributed by atoms with Crippen molar-refractivity contribution in [1.29, 1.82) is 0 Å². The van der Waals surface area contributed by atoms with E-state index in [1.165, 1.54) is 0 Å². The zero-order chi connectivity index (χ0) is 13.1. The molecule has 2 aromatic rings. The van der Waals surface area contributed by atoms with Crippen LogP contribution in [0.3, 0.4) is 0 Å². The number of hydrogen-bond acceptors (Lipinski definition) is 7. The highest BCUT2D eigenvalue weighted by molar-refractivity contribution is 5.48. The van der Waals surface area contributed by atoms with Crippen LogP contribution in [0, 0.1) is 6.92 Å². The summed E-state index contributed by atoms with van der Waals surface area (Å²) in [7, 11) is 1.76. The molecule has 0 fully saturated rings. The normalized spacial score (nSPS) is 10.4. The summed E-state index contributed by atoms with van der Waals surface area (Å²) >= 11 is 0. The minimum Gasteiger partial charge on any atom is -0.404 e. The molecule has 0 radical (unpaired) electrons. The van der Waals surface area contributed by atoms with E-state index in [1.54, 1.807) is 18.1 Å². The molecule has 0 spiro atoms. The molecule has 0 unspecified atom stereocenters. The molecule has 2 heterocycles. The SMILES string of the molecule is CCc1nc(NN)c(C)c(Oc2ncn(C)n2)n1. The van der Waals surface area contributed by atoms with Gasteiger partial charge in [0.15, 0.2) is 5.82 Å². The number of nitrogen functional groups attached to an aromatic ring is 1. The van der Waals surface area contributed by atoms with Crippen LogP contribution in [0.1, 0.15) is 18.3 Å². The molecule has 0 amide bonds. The van der Waals surface area contributed by atoms with Crippen molar-refractivity contribution in [1.82, 2.24) is 24.7 Å². The van der Waals surface area contributed by atoms with Gasteiger partial charge in [-0.15, -0.1) is 5.10 Å². The van der Waals surface area contributed by atoms with Crippen LogP contribution in [0.15, 0.2) is 6.33 Å². The van der Waals surface area contributed by atoms with E-state index >= 15 is 0 Å². The predicted octanol–water partition coefficient (Wildman–Crippen LogP) is 0.554. The first-order chi connectivity index (χ1) is 8.63. The van der Waals surface area contributed by atoms with E-state index in [1.807, 2.05) is 13.8 Å². The molecule has 8 heteroatoms. The van der Waals surface area contributed by atoms with Gasteiger partial charge in [0.1, 0.15) is 12.2 Å². The first-order valence-corrected chi connectivity index (χ1v) is 5.51. The highest BCUT2D eigenvalue weighted by Crippen LogP contribution is 2.24. The first-order valence-electron chi connectivity index (χ1n) is 5.51. The fraction of sp³-hybridized carbons (Fsp3) is 0.400. The molecule has 3 N–H and O–H groups in total. The molecular formula is C10H15N7O. The number of hydrogen-bond donors (Lipinski definition) is 2. The number of rotatable bonds is 4. The third kappa shape index (κ3) is 2.38. The predicted molar refractivity (Wildman–Crippen MR) is 65.0 cm³/mol. The van der Waals surface area contributed by atoms with Crippen LogP contribution in [0.25, 0.3) is 0 Å². The minimum atomic E-state index is 0.240. The van der Waals surface area contributed by atoms with Crippen molar-refractivity contribution in [2.75, 3.05) is 5.43 Å². The van der Waals surface area contributed by atoms with Crippen LogP contribution in [0.4, 0.5) is 5.82 Å². The maximum Gasteiger partial charge on any atom is 0.342 e. The summed E-state index contributed by atoms with van der Waals surface area (Å²) in [6.07, 6.45) is 2.23. The lowest BCUT2D eigenvalue weighted by atomic mass is 10.3. The molecule has 2 aromatic heterocycles. The molecule has 2 rings (SSSR count). The summed E-state index contributed by atoms with van der Waals surface area (Å²) in [5.74, 6) is 6.99. The standard InChI is InChI=1S/C10H15N7O/c1-4-7-13-8(15-11)6(2)9(14-7)18-10-12-5-17(3)16-10/h5H,4,11H2,1-3H3,(H,13,14,15). The Morgan fingerprint density at radius 3 is 2.78 bits per heavy atom. The van der Waals surface area contributed by atoms with Crippen molar-refractivity contribution in [2.24, 2.45) is 12.9 Å². The van der Waals surface area contributed by atoms with Gasteiger partial charge in [0, 0.05) is 13.5 Å². The van der Waals surface area contributed by atoms with E-state index in [2.05, 4.69) is 25.5 Å². The van der Waals surface area contributed by atoms with E-state index in [-0.39, 0.29) is 6.01 Å². The van der Waals surface area contributed by atoms with Gasteiger partial charge in [0.2, 0.25) is 5.88 Å². The average molecular weight is 249 g/mol. The molecule has 0 aliphatic heterocycles. The van der Waals surface area contributed by atoms with Gasteiger partial charge in [-0.05, 0) is 6.92 Å². The summed E-state index contributed by atoms with van der Waals surface area (Å²) in [6, 6.07) is 0.240. The maximum absolute atomic E-state index is 5.53. The number of aromatic nitrogens is 5. The van der Waals surface area contributed by atoms with E-state index in [9.17, 15) is 0 Å². The molecule has 0 atom stereocenters. The molecule has 0 saturated carbocycles. The van der Waals surface area contributed by atoms with E-state index in [4.69, 9.17) is 10.6 Å². The topological polar surface area (TPSA) is 104 Å². The quantitative estimate of drug-likeness (QED) is 0.602. The van der Waals surface area contributed by atoms with Crippen LogP contribution in [0.2, 0.25) is 0 Å². The second-order valence-electron chi connectivity index (χ2n) is 3.72. The summed E-state index contributed by atoms with van der Waals surface area (Å²) in [5.41, 5.74) is 3.23. The van der Waals surface area contributed by atoms with E-state index in [0.29, 0.717) is 29.5 Å². The highest BCUT2D eigenvalue weighted by Gasteiger charge is 2.13. The highest BCUT2D eigenvalue weighted by atomic mass is 16.5. The molecule has 0 aliphatic rings. The van der Waals surface area contributed by atoms with Gasteiger partial charge in [-0.25, -0.2) is 10.8 Å². The first kappa shape index (κ1) is 12.2. The largest absolute Gasteiger partial charge is 0.404 e. The van der Waals surface area contributed by atoms with Gasteiger partial charge in [-0.1, -0.05) is 6.92 Å². The van der Waals surface area contributed by atoms with Gasteiger partial charge < -0.3 is 10.2 Å². The van der Waals surface area contributed by atoms with Crippen molar-refractivity contribution in [3.8, 4) is 11.9 Å². The lowest BCUT2D eigenvalue weighted by Gasteiger charge is -2.10. The van der Waals surface area contributed by atoms with Gasteiger partial charge in [0.25, 0.3) is 0 Å². The second-order valence-corrected chi connectivity index (χ2v) is 3.72. The third-order valence-corrected chi connectivity index (χ3v) is 2.37. The number of ether oxygens (including phenoxy) is 1. The Bertz CT molecular complexity index is 551. The molecular weight excluding hydrogens is 234 g/mol. The smallest absolute Gasteiger partial charge is 0.342 e. The van der Waals surface area contributed by atoms with E-state index in [0.717, 1.165) is 0 Å². The maximum atomic E-state index is 5.53. The number of hydrazine groups is 1. The fourth-order valence-corrected chi connectivity index (χ4v) is 1.39. The van der Waals surface area contributed by atoms with E-state index < -0.39 is 0 Å². The van der Waals surface area contributed by atoms with Crippen molar-refractivity contribution in [3.05, 3.63) is 17.7 Å². The zero-order valence-electron chi connectivity index (χ0n) is 10.5. The fourth-order valence-electron chi connectivity index (χ4n) is 1.39. The third-order valence-electron chi connectivity index (χ3n) is 2.37. The van der Waals surface area contributed by atoms with Crippen LogP contribution < -0.4 is 16.0 Å². The summed E-state index contributed by atoms with van der Waals surface area (Å²) in [5, 5.41) is 4.03. The summed E-state index contributed by atoms with van der Waals surface area (Å²) in [6.45, 7) is 3.76. The van der Waals surface area contributed by atoms with Crippen LogP contribution in [-0.4, -0.2) is 24.7 Å². The van der Waals surface area contributed by atoms with Crippen LogP contribution >= 0.6 is 0 Å². The second kappa shape index (κ2) is 4.96. The zero-order valence-corrected chi connectivity index (χ0v) is 10.5. The molecule has 96 valence electrons. The van der Waals surface area contributed by atoms with Gasteiger partial charge in [-0.2, -0.15) is 9.97 Å². The molecule has 8 nitrogen and oxygen atoms in total. The molecule has 0 aliphatic carbocycles. The van der Waals surface area contributed by atoms with Crippen molar-refractivity contribution in [3.63, 3.8) is 0 Å². The Balaban J connectivity index is 2.36. The van der Waals surface area contributed by atoms with Crippen LogP contribution in [-0.2, 0) is 13.5 Å². The monoisotopic (exact) mass is 249 g/mol. The summed E-state index contributed by atoms with van der Waals surface area (Å²) in [4.78, 5) is 12.5. The Morgan fingerprint density at radius 2 is 2.22 bits per heavy atom. The molecule has 0 bridgehead atoms. The lowest BCUT2D eigenvalue weighted by molar-refractivity contribution is 0.416. The number of anilines is 1. The number of nitrogens with zero attached hydrogens (tertiary/aromatic N) is 5. The van der Waals surface area contributed by atoms with Crippen molar-refractivity contribution >= 4 is 5.82 Å².